The minimum absolute atomic E-state index is 0.353. The Kier molecular flexibility index (Phi) is 4.75. The molecule has 0 aromatic carbocycles. The minimum atomic E-state index is 0.353. The lowest BCUT2D eigenvalue weighted by Gasteiger charge is -2.29. The Labute approximate surface area is 114 Å². The maximum Gasteiger partial charge on any atom is 0.125 e. The molecular formula is C15H21N3O. The Morgan fingerprint density at radius 3 is 2.79 bits per heavy atom. The van der Waals surface area contributed by atoms with Crippen molar-refractivity contribution in [1.82, 2.24) is 4.98 Å². The third-order valence-electron chi connectivity index (χ3n) is 4.04. The van der Waals surface area contributed by atoms with Crippen molar-refractivity contribution in [2.75, 3.05) is 25.6 Å². The number of hydrogen-bond donors (Lipinski definition) is 1. The third-order valence-corrected chi connectivity index (χ3v) is 4.04. The van der Waals surface area contributed by atoms with E-state index in [1.807, 2.05) is 6.07 Å². The van der Waals surface area contributed by atoms with Crippen LogP contribution in [-0.4, -0.2) is 25.2 Å². The van der Waals surface area contributed by atoms with E-state index in [1.54, 1.807) is 19.4 Å². The molecule has 1 fully saturated rings. The molecule has 0 saturated heterocycles. The SMILES string of the molecule is COCCC1(CNc2ccc(C#N)cn2)CCCC1. The van der Waals surface area contributed by atoms with E-state index in [-0.39, 0.29) is 0 Å². The molecule has 1 N–H and O–H groups in total. The fourth-order valence-electron chi connectivity index (χ4n) is 2.80. The molecule has 19 heavy (non-hydrogen) atoms. The average Bonchev–Trinajstić information content (AvgIpc) is 2.93. The third kappa shape index (κ3) is 3.68. The zero-order valence-corrected chi connectivity index (χ0v) is 11.5. The molecule has 0 bridgehead atoms. The number of nitrogens with one attached hydrogen (secondary N) is 1. The predicted octanol–water partition coefficient (Wildman–Crippen LogP) is 2.96. The highest BCUT2D eigenvalue weighted by molar-refractivity contribution is 5.39. The molecule has 4 heteroatoms. The number of methoxy groups -OCH3 is 1. The van der Waals surface area contributed by atoms with Crippen LogP contribution in [0.2, 0.25) is 0 Å². The van der Waals surface area contributed by atoms with E-state index in [2.05, 4.69) is 16.4 Å². The van der Waals surface area contributed by atoms with Crippen molar-refractivity contribution in [3.05, 3.63) is 23.9 Å². The Bertz CT molecular complexity index is 430. The minimum Gasteiger partial charge on any atom is -0.385 e. The van der Waals surface area contributed by atoms with Gasteiger partial charge in [-0.3, -0.25) is 0 Å². The second-order valence-corrected chi connectivity index (χ2v) is 5.35. The van der Waals surface area contributed by atoms with Crippen molar-refractivity contribution in [2.24, 2.45) is 5.41 Å². The van der Waals surface area contributed by atoms with Gasteiger partial charge < -0.3 is 10.1 Å². The van der Waals surface area contributed by atoms with Crippen LogP contribution in [0.3, 0.4) is 0 Å². The molecule has 0 amide bonds. The van der Waals surface area contributed by atoms with Crippen molar-refractivity contribution < 1.29 is 4.74 Å². The molecule has 1 aliphatic rings. The average molecular weight is 259 g/mol. The van der Waals surface area contributed by atoms with Gasteiger partial charge in [0.05, 0.1) is 5.56 Å². The fourth-order valence-corrected chi connectivity index (χ4v) is 2.80. The standard InChI is InChI=1S/C15H21N3O/c1-19-9-8-15(6-2-3-7-15)12-18-14-5-4-13(10-16)11-17-14/h4-5,11H,2-3,6-9,12H2,1H3,(H,17,18). The summed E-state index contributed by atoms with van der Waals surface area (Å²) in [6.07, 6.45) is 7.86. The Morgan fingerprint density at radius 2 is 2.21 bits per heavy atom. The fraction of sp³-hybridized carbons (Fsp3) is 0.600. The van der Waals surface area contributed by atoms with E-state index in [4.69, 9.17) is 10.00 Å². The first-order chi connectivity index (χ1) is 9.28. The lowest BCUT2D eigenvalue weighted by Crippen LogP contribution is -2.28. The number of hydrogen-bond acceptors (Lipinski definition) is 4. The second kappa shape index (κ2) is 6.53. The summed E-state index contributed by atoms with van der Waals surface area (Å²) in [5, 5.41) is 12.2. The van der Waals surface area contributed by atoms with Gasteiger partial charge in [0.25, 0.3) is 0 Å². The van der Waals surface area contributed by atoms with Gasteiger partial charge >= 0.3 is 0 Å². The number of nitrogens with zero attached hydrogens (tertiary/aromatic N) is 2. The van der Waals surface area contributed by atoms with E-state index >= 15 is 0 Å². The van der Waals surface area contributed by atoms with Crippen molar-refractivity contribution >= 4 is 5.82 Å². The van der Waals surface area contributed by atoms with Gasteiger partial charge in [-0.2, -0.15) is 5.26 Å². The summed E-state index contributed by atoms with van der Waals surface area (Å²) in [5.74, 6) is 0.850. The number of rotatable bonds is 6. The molecule has 0 atom stereocenters. The van der Waals surface area contributed by atoms with Crippen LogP contribution >= 0.6 is 0 Å². The summed E-state index contributed by atoms with van der Waals surface area (Å²) in [4.78, 5) is 4.26. The van der Waals surface area contributed by atoms with Crippen LogP contribution in [0.25, 0.3) is 0 Å². The van der Waals surface area contributed by atoms with Crippen LogP contribution in [-0.2, 0) is 4.74 Å². The van der Waals surface area contributed by atoms with Crippen LogP contribution in [0, 0.1) is 16.7 Å². The summed E-state index contributed by atoms with van der Waals surface area (Å²) < 4.78 is 5.23. The summed E-state index contributed by atoms with van der Waals surface area (Å²) in [7, 11) is 1.76. The topological polar surface area (TPSA) is 57.9 Å². The van der Waals surface area contributed by atoms with Crippen molar-refractivity contribution in [3.8, 4) is 6.07 Å². The molecule has 0 radical (unpaired) electrons. The van der Waals surface area contributed by atoms with Gasteiger partial charge in [-0.05, 0) is 36.8 Å². The molecule has 1 aliphatic carbocycles. The van der Waals surface area contributed by atoms with Gasteiger partial charge in [0.2, 0.25) is 0 Å². The van der Waals surface area contributed by atoms with E-state index in [9.17, 15) is 0 Å². The largest absolute Gasteiger partial charge is 0.385 e. The molecular weight excluding hydrogens is 238 g/mol. The smallest absolute Gasteiger partial charge is 0.125 e. The first kappa shape index (κ1) is 13.8. The number of anilines is 1. The van der Waals surface area contributed by atoms with Crippen molar-refractivity contribution in [3.63, 3.8) is 0 Å². The van der Waals surface area contributed by atoms with Crippen molar-refractivity contribution in [1.29, 1.82) is 5.26 Å². The van der Waals surface area contributed by atoms with E-state index in [1.165, 1.54) is 25.7 Å². The van der Waals surface area contributed by atoms with Crippen molar-refractivity contribution in [2.45, 2.75) is 32.1 Å². The zero-order valence-electron chi connectivity index (χ0n) is 11.5. The van der Waals surface area contributed by atoms with Crippen LogP contribution < -0.4 is 5.32 Å². The Morgan fingerprint density at radius 1 is 1.42 bits per heavy atom. The maximum absolute atomic E-state index is 8.74. The van der Waals surface area contributed by atoms with Gasteiger partial charge in [0.15, 0.2) is 0 Å². The molecule has 2 rings (SSSR count). The van der Waals surface area contributed by atoms with Crippen LogP contribution in [0.4, 0.5) is 5.82 Å². The Hall–Kier alpha value is -1.60. The predicted molar refractivity (Wildman–Crippen MR) is 74.8 cm³/mol. The monoisotopic (exact) mass is 259 g/mol. The van der Waals surface area contributed by atoms with Gasteiger partial charge in [0, 0.05) is 26.5 Å². The van der Waals surface area contributed by atoms with Gasteiger partial charge in [0.1, 0.15) is 11.9 Å². The van der Waals surface area contributed by atoms with Crippen LogP contribution in [0.5, 0.6) is 0 Å². The summed E-state index contributed by atoms with van der Waals surface area (Å²) in [6, 6.07) is 5.75. The molecule has 0 unspecified atom stereocenters. The molecule has 0 aliphatic heterocycles. The number of ether oxygens (including phenoxy) is 1. The molecule has 1 aromatic rings. The molecule has 0 spiro atoms. The normalized spacial score (nSPS) is 17.1. The molecule has 1 heterocycles. The molecule has 1 aromatic heterocycles. The zero-order chi connectivity index (χ0) is 13.6. The summed E-state index contributed by atoms with van der Waals surface area (Å²) >= 11 is 0. The Balaban J connectivity index is 1.92. The molecule has 4 nitrogen and oxygen atoms in total. The van der Waals surface area contributed by atoms with E-state index < -0.39 is 0 Å². The van der Waals surface area contributed by atoms with E-state index in [0.717, 1.165) is 25.4 Å². The lowest BCUT2D eigenvalue weighted by atomic mass is 9.83. The highest BCUT2D eigenvalue weighted by Gasteiger charge is 2.33. The van der Waals surface area contributed by atoms with Crippen LogP contribution in [0.15, 0.2) is 18.3 Å². The van der Waals surface area contributed by atoms with Gasteiger partial charge in [-0.1, -0.05) is 12.8 Å². The first-order valence-corrected chi connectivity index (χ1v) is 6.87. The number of aromatic nitrogens is 1. The second-order valence-electron chi connectivity index (χ2n) is 5.35. The van der Waals surface area contributed by atoms with Gasteiger partial charge in [-0.25, -0.2) is 4.98 Å². The van der Waals surface area contributed by atoms with Gasteiger partial charge in [-0.15, -0.1) is 0 Å². The van der Waals surface area contributed by atoms with Crippen LogP contribution in [0.1, 0.15) is 37.7 Å². The highest BCUT2D eigenvalue weighted by atomic mass is 16.5. The number of nitriles is 1. The molecule has 1 saturated carbocycles. The quantitative estimate of drug-likeness (QED) is 0.853. The summed E-state index contributed by atoms with van der Waals surface area (Å²) in [5.41, 5.74) is 0.950. The molecule has 102 valence electrons. The lowest BCUT2D eigenvalue weighted by molar-refractivity contribution is 0.143. The maximum atomic E-state index is 8.74. The highest BCUT2D eigenvalue weighted by Crippen LogP contribution is 2.41. The first-order valence-electron chi connectivity index (χ1n) is 6.87. The van der Waals surface area contributed by atoms with E-state index in [0.29, 0.717) is 11.0 Å². The number of pyridine rings is 1. The summed E-state index contributed by atoms with van der Waals surface area (Å²) in [6.45, 7) is 1.76.